The number of halogens is 1. The average Bonchev–Trinajstić information content (AvgIpc) is 2.70. The molecule has 0 radical (unpaired) electrons. The van der Waals surface area contributed by atoms with Crippen LogP contribution in [0.3, 0.4) is 0 Å². The first-order valence-corrected chi connectivity index (χ1v) is 7.66. The van der Waals surface area contributed by atoms with Crippen molar-refractivity contribution in [2.24, 2.45) is 5.92 Å². The minimum atomic E-state index is 0.643. The fraction of sp³-hybridized carbons (Fsp3) is 0.467. The molecule has 1 aromatic carbocycles. The highest BCUT2D eigenvalue weighted by atomic mass is 79.9. The van der Waals surface area contributed by atoms with E-state index in [0.717, 1.165) is 34.9 Å². The topological polar surface area (TPSA) is 42.7 Å². The lowest BCUT2D eigenvalue weighted by Crippen LogP contribution is -2.20. The van der Waals surface area contributed by atoms with Gasteiger partial charge in [-0.2, -0.15) is 5.10 Å². The van der Waals surface area contributed by atoms with Crippen LogP contribution in [0.5, 0.6) is 0 Å². The van der Waals surface area contributed by atoms with E-state index in [2.05, 4.69) is 63.4 Å². The molecule has 4 nitrogen and oxygen atoms in total. The summed E-state index contributed by atoms with van der Waals surface area (Å²) >= 11 is 3.53. The third-order valence-corrected chi connectivity index (χ3v) is 3.51. The Kier molecular flexibility index (Phi) is 4.94. The van der Waals surface area contributed by atoms with Crippen molar-refractivity contribution < 1.29 is 0 Å². The van der Waals surface area contributed by atoms with Gasteiger partial charge >= 0.3 is 0 Å². The minimum Gasteiger partial charge on any atom is -0.312 e. The molecule has 0 bridgehead atoms. The predicted molar refractivity (Wildman–Crippen MR) is 85.1 cm³/mol. The van der Waals surface area contributed by atoms with E-state index in [1.807, 2.05) is 18.5 Å². The summed E-state index contributed by atoms with van der Waals surface area (Å²) in [5, 5.41) is 7.96. The van der Waals surface area contributed by atoms with Gasteiger partial charge in [0.1, 0.15) is 11.6 Å². The number of aromatic nitrogens is 3. The summed E-state index contributed by atoms with van der Waals surface area (Å²) < 4.78 is 2.96. The molecule has 0 spiro atoms. The molecule has 0 amide bonds. The molecular formula is C15H21BrN4. The molecule has 0 aliphatic carbocycles. The van der Waals surface area contributed by atoms with Gasteiger partial charge in [0, 0.05) is 11.0 Å². The number of rotatable bonds is 5. The molecule has 0 aliphatic heterocycles. The number of hydrogen-bond donors (Lipinski definition) is 1. The highest BCUT2D eigenvalue weighted by Gasteiger charge is 2.10. The Hall–Kier alpha value is -1.20. The van der Waals surface area contributed by atoms with Crippen LogP contribution in [-0.2, 0) is 6.54 Å². The summed E-state index contributed by atoms with van der Waals surface area (Å²) in [6, 6.07) is 6.28. The molecule has 0 unspecified atom stereocenters. The van der Waals surface area contributed by atoms with Crippen molar-refractivity contribution in [3.05, 3.63) is 39.9 Å². The van der Waals surface area contributed by atoms with Crippen LogP contribution in [0.1, 0.15) is 31.1 Å². The molecule has 0 aliphatic rings. The maximum absolute atomic E-state index is 4.48. The number of benzene rings is 1. The van der Waals surface area contributed by atoms with E-state index in [1.54, 1.807) is 0 Å². The molecule has 108 valence electrons. The van der Waals surface area contributed by atoms with E-state index < -0.39 is 0 Å². The van der Waals surface area contributed by atoms with Gasteiger partial charge in [-0.1, -0.05) is 35.8 Å². The van der Waals surface area contributed by atoms with Gasteiger partial charge in [-0.3, -0.25) is 0 Å². The van der Waals surface area contributed by atoms with Crippen molar-refractivity contribution >= 4 is 15.9 Å². The molecule has 0 saturated carbocycles. The van der Waals surface area contributed by atoms with Gasteiger partial charge in [0.05, 0.1) is 5.69 Å². The van der Waals surface area contributed by atoms with Crippen molar-refractivity contribution in [2.75, 3.05) is 6.54 Å². The van der Waals surface area contributed by atoms with Crippen LogP contribution in [0.4, 0.5) is 0 Å². The second-order valence-corrected chi connectivity index (χ2v) is 6.33. The van der Waals surface area contributed by atoms with Gasteiger partial charge in [0.25, 0.3) is 0 Å². The largest absolute Gasteiger partial charge is 0.312 e. The van der Waals surface area contributed by atoms with Crippen LogP contribution in [0.25, 0.3) is 5.69 Å². The predicted octanol–water partition coefficient (Wildman–Crippen LogP) is 3.39. The Bertz CT molecular complexity index is 590. The molecule has 0 fully saturated rings. The molecule has 1 N–H and O–H groups in total. The monoisotopic (exact) mass is 336 g/mol. The molecule has 1 heterocycles. The van der Waals surface area contributed by atoms with Crippen LogP contribution in [0, 0.1) is 19.8 Å². The van der Waals surface area contributed by atoms with Gasteiger partial charge in [-0.25, -0.2) is 9.67 Å². The van der Waals surface area contributed by atoms with E-state index in [4.69, 9.17) is 0 Å². The van der Waals surface area contributed by atoms with Crippen LogP contribution in [0.15, 0.2) is 22.7 Å². The first-order valence-electron chi connectivity index (χ1n) is 6.87. The number of hydrogen-bond acceptors (Lipinski definition) is 3. The maximum atomic E-state index is 4.48. The zero-order chi connectivity index (χ0) is 14.7. The van der Waals surface area contributed by atoms with E-state index >= 15 is 0 Å². The quantitative estimate of drug-likeness (QED) is 0.909. The Morgan fingerprint density at radius 1 is 1.30 bits per heavy atom. The Morgan fingerprint density at radius 2 is 2.05 bits per heavy atom. The lowest BCUT2D eigenvalue weighted by molar-refractivity contribution is 0.551. The Morgan fingerprint density at radius 3 is 2.65 bits per heavy atom. The Labute approximate surface area is 128 Å². The standard InChI is InChI=1S/C15H21BrN4/c1-10(2)8-17-9-13-5-6-14(16)7-15(13)20-12(4)18-11(3)19-20/h5-7,10,17H,8-9H2,1-4H3. The molecule has 20 heavy (non-hydrogen) atoms. The maximum Gasteiger partial charge on any atom is 0.148 e. The summed E-state index contributed by atoms with van der Waals surface area (Å²) in [7, 11) is 0. The number of aryl methyl sites for hydroxylation is 2. The first kappa shape index (κ1) is 15.2. The summed E-state index contributed by atoms with van der Waals surface area (Å²) in [5.41, 5.74) is 2.30. The SMILES string of the molecule is Cc1nc(C)n(-c2cc(Br)ccc2CNCC(C)C)n1. The van der Waals surface area contributed by atoms with Crippen molar-refractivity contribution in [2.45, 2.75) is 34.2 Å². The zero-order valence-corrected chi connectivity index (χ0v) is 14.0. The number of nitrogens with one attached hydrogen (secondary N) is 1. The van der Waals surface area contributed by atoms with E-state index in [9.17, 15) is 0 Å². The van der Waals surface area contributed by atoms with Crippen LogP contribution < -0.4 is 5.32 Å². The summed E-state index contributed by atoms with van der Waals surface area (Å²) in [6.45, 7) is 10.1. The number of nitrogens with zero attached hydrogens (tertiary/aromatic N) is 3. The molecule has 1 aromatic heterocycles. The van der Waals surface area contributed by atoms with Crippen molar-refractivity contribution in [3.63, 3.8) is 0 Å². The van der Waals surface area contributed by atoms with Crippen LogP contribution in [0.2, 0.25) is 0 Å². The second kappa shape index (κ2) is 6.50. The second-order valence-electron chi connectivity index (χ2n) is 5.42. The highest BCUT2D eigenvalue weighted by Crippen LogP contribution is 2.21. The van der Waals surface area contributed by atoms with E-state index in [0.29, 0.717) is 5.92 Å². The summed E-state index contributed by atoms with van der Waals surface area (Å²) in [4.78, 5) is 4.38. The fourth-order valence-electron chi connectivity index (χ4n) is 2.13. The van der Waals surface area contributed by atoms with Gasteiger partial charge in [0.2, 0.25) is 0 Å². The minimum absolute atomic E-state index is 0.643. The van der Waals surface area contributed by atoms with E-state index in [-0.39, 0.29) is 0 Å². The molecular weight excluding hydrogens is 316 g/mol. The van der Waals surface area contributed by atoms with Crippen molar-refractivity contribution in [3.8, 4) is 5.69 Å². The molecule has 0 saturated heterocycles. The highest BCUT2D eigenvalue weighted by molar-refractivity contribution is 9.10. The molecule has 5 heteroatoms. The van der Waals surface area contributed by atoms with Crippen molar-refractivity contribution in [1.82, 2.24) is 20.1 Å². The first-order chi connectivity index (χ1) is 9.47. The Balaban J connectivity index is 2.31. The van der Waals surface area contributed by atoms with E-state index in [1.165, 1.54) is 5.56 Å². The molecule has 2 rings (SSSR count). The lowest BCUT2D eigenvalue weighted by atomic mass is 10.1. The van der Waals surface area contributed by atoms with Gasteiger partial charge < -0.3 is 5.32 Å². The average molecular weight is 337 g/mol. The fourth-order valence-corrected chi connectivity index (χ4v) is 2.48. The third kappa shape index (κ3) is 3.67. The molecule has 2 aromatic rings. The smallest absolute Gasteiger partial charge is 0.148 e. The van der Waals surface area contributed by atoms with Crippen LogP contribution >= 0.6 is 15.9 Å². The summed E-state index contributed by atoms with van der Waals surface area (Å²) in [6.07, 6.45) is 0. The normalized spacial score (nSPS) is 11.3. The lowest BCUT2D eigenvalue weighted by Gasteiger charge is -2.13. The van der Waals surface area contributed by atoms with Gasteiger partial charge in [0.15, 0.2) is 0 Å². The third-order valence-electron chi connectivity index (χ3n) is 3.02. The van der Waals surface area contributed by atoms with Gasteiger partial charge in [-0.15, -0.1) is 0 Å². The zero-order valence-electron chi connectivity index (χ0n) is 12.4. The van der Waals surface area contributed by atoms with Gasteiger partial charge in [-0.05, 0) is 44.0 Å². The van der Waals surface area contributed by atoms with Crippen molar-refractivity contribution in [1.29, 1.82) is 0 Å². The summed E-state index contributed by atoms with van der Waals surface area (Å²) in [5.74, 6) is 2.35. The van der Waals surface area contributed by atoms with Crippen LogP contribution in [-0.4, -0.2) is 21.3 Å². The molecule has 0 atom stereocenters.